The molecule has 1 aliphatic carbocycles. The normalized spacial score (nSPS) is 20.3. The van der Waals surface area contributed by atoms with Gasteiger partial charge in [-0.2, -0.15) is 0 Å². The van der Waals surface area contributed by atoms with Crippen LogP contribution < -0.4 is 10.1 Å². The average Bonchev–Trinajstić information content (AvgIpc) is 3.64. The number of hydrogen-bond donors (Lipinski definition) is 1. The molecule has 42 heavy (non-hydrogen) atoms. The highest BCUT2D eigenvalue weighted by atomic mass is 16.5. The number of carbonyl (C=O) groups is 2. The summed E-state index contributed by atoms with van der Waals surface area (Å²) in [6, 6.07) is 14.3. The Morgan fingerprint density at radius 3 is 2.36 bits per heavy atom. The van der Waals surface area contributed by atoms with E-state index in [0.29, 0.717) is 35.9 Å². The van der Waals surface area contributed by atoms with Gasteiger partial charge in [0.1, 0.15) is 17.3 Å². The predicted octanol–water partition coefficient (Wildman–Crippen LogP) is 5.75. The summed E-state index contributed by atoms with van der Waals surface area (Å²) in [4.78, 5) is 39.0. The van der Waals surface area contributed by atoms with E-state index >= 15 is 0 Å². The maximum absolute atomic E-state index is 13.4. The highest BCUT2D eigenvalue weighted by Gasteiger charge is 2.29. The van der Waals surface area contributed by atoms with Crippen LogP contribution in [-0.4, -0.2) is 63.3 Å². The van der Waals surface area contributed by atoms with Crippen molar-refractivity contribution in [3.8, 4) is 22.6 Å². The number of nitrogens with zero attached hydrogens (tertiary/aromatic N) is 4. The molecule has 6 rings (SSSR count). The first-order valence-corrected chi connectivity index (χ1v) is 15.4. The maximum Gasteiger partial charge on any atom is 0.251 e. The Morgan fingerprint density at radius 1 is 0.976 bits per heavy atom. The Labute approximate surface area is 248 Å². The van der Waals surface area contributed by atoms with E-state index in [1.54, 1.807) is 0 Å². The second kappa shape index (κ2) is 12.6. The number of hydrogen-bond acceptors (Lipinski definition) is 6. The van der Waals surface area contributed by atoms with Gasteiger partial charge in [0, 0.05) is 73.8 Å². The van der Waals surface area contributed by atoms with Crippen LogP contribution in [-0.2, 0) is 11.3 Å². The Bertz CT molecular complexity index is 1390. The molecule has 3 aliphatic rings. The van der Waals surface area contributed by atoms with E-state index in [9.17, 15) is 9.59 Å². The van der Waals surface area contributed by atoms with Crippen molar-refractivity contribution >= 4 is 11.8 Å². The number of carbonyl (C=O) groups excluding carboxylic acids is 2. The Balaban J connectivity index is 1.17. The number of aromatic nitrogens is 2. The second-order valence-corrected chi connectivity index (χ2v) is 12.3. The van der Waals surface area contributed by atoms with Gasteiger partial charge >= 0.3 is 0 Å². The van der Waals surface area contributed by atoms with Crippen molar-refractivity contribution in [2.45, 2.75) is 77.4 Å². The lowest BCUT2D eigenvalue weighted by atomic mass is 10.0. The average molecular weight is 568 g/mol. The number of ether oxygens (including phenoxy) is 1. The molecule has 2 amide bonds. The molecule has 0 radical (unpaired) electrons. The van der Waals surface area contributed by atoms with Crippen molar-refractivity contribution in [2.75, 3.05) is 19.6 Å². The minimum absolute atomic E-state index is 0.0775. The van der Waals surface area contributed by atoms with E-state index in [2.05, 4.69) is 27.1 Å². The minimum Gasteiger partial charge on any atom is -0.457 e. The fraction of sp³-hybridized carbons (Fsp3) is 0.471. The van der Waals surface area contributed by atoms with Crippen molar-refractivity contribution < 1.29 is 14.3 Å². The molecule has 0 bridgehead atoms. The lowest BCUT2D eigenvalue weighted by Gasteiger charge is -2.36. The predicted molar refractivity (Wildman–Crippen MR) is 162 cm³/mol. The van der Waals surface area contributed by atoms with Crippen molar-refractivity contribution in [1.82, 2.24) is 25.1 Å². The summed E-state index contributed by atoms with van der Waals surface area (Å²) in [6.45, 7) is 7.25. The van der Waals surface area contributed by atoms with Crippen molar-refractivity contribution in [3.05, 3.63) is 71.8 Å². The first-order chi connectivity index (χ1) is 20.4. The molecule has 2 aliphatic heterocycles. The summed E-state index contributed by atoms with van der Waals surface area (Å²) >= 11 is 0. The zero-order valence-corrected chi connectivity index (χ0v) is 24.7. The molecule has 1 atom stereocenters. The number of likely N-dealkylation sites (tertiary alicyclic amines) is 2. The third kappa shape index (κ3) is 6.65. The van der Waals surface area contributed by atoms with Crippen LogP contribution in [0.5, 0.6) is 11.5 Å². The highest BCUT2D eigenvalue weighted by molar-refractivity contribution is 5.95. The van der Waals surface area contributed by atoms with Gasteiger partial charge in [-0.15, -0.1) is 0 Å². The lowest BCUT2D eigenvalue weighted by molar-refractivity contribution is -0.128. The van der Waals surface area contributed by atoms with Gasteiger partial charge in [-0.05, 0) is 68.4 Å². The van der Waals surface area contributed by atoms with E-state index in [-0.39, 0.29) is 17.9 Å². The van der Waals surface area contributed by atoms with Crippen molar-refractivity contribution in [3.63, 3.8) is 0 Å². The Morgan fingerprint density at radius 2 is 1.69 bits per heavy atom. The van der Waals surface area contributed by atoms with E-state index in [1.807, 2.05) is 66.7 Å². The first-order valence-electron chi connectivity index (χ1n) is 15.4. The number of rotatable bonds is 8. The lowest BCUT2D eigenvalue weighted by Crippen LogP contribution is -2.47. The van der Waals surface area contributed by atoms with Crippen LogP contribution in [0.4, 0.5) is 0 Å². The molecule has 0 spiro atoms. The summed E-state index contributed by atoms with van der Waals surface area (Å²) in [5.41, 5.74) is 3.38. The monoisotopic (exact) mass is 567 g/mol. The highest BCUT2D eigenvalue weighted by Crippen LogP contribution is 2.32. The zero-order valence-electron chi connectivity index (χ0n) is 24.7. The van der Waals surface area contributed by atoms with Crippen LogP contribution in [0.25, 0.3) is 11.1 Å². The smallest absolute Gasteiger partial charge is 0.251 e. The molecule has 2 saturated heterocycles. The van der Waals surface area contributed by atoms with Crippen LogP contribution in [0.2, 0.25) is 0 Å². The molecule has 1 saturated carbocycles. The largest absolute Gasteiger partial charge is 0.457 e. The molecule has 8 nitrogen and oxygen atoms in total. The van der Waals surface area contributed by atoms with Gasteiger partial charge in [0.05, 0.1) is 0 Å². The molecule has 8 heteroatoms. The van der Waals surface area contributed by atoms with Gasteiger partial charge < -0.3 is 19.9 Å². The zero-order chi connectivity index (χ0) is 29.1. The Hall–Kier alpha value is -3.78. The maximum atomic E-state index is 13.4. The van der Waals surface area contributed by atoms with Gasteiger partial charge in [0.25, 0.3) is 5.91 Å². The molecular weight excluding hydrogens is 526 g/mol. The van der Waals surface area contributed by atoms with Crippen molar-refractivity contribution in [1.29, 1.82) is 0 Å². The van der Waals surface area contributed by atoms with Crippen LogP contribution in [0, 0.1) is 12.8 Å². The number of piperidine rings is 1. The summed E-state index contributed by atoms with van der Waals surface area (Å²) < 4.78 is 6.39. The van der Waals surface area contributed by atoms with Crippen LogP contribution in [0.15, 0.2) is 54.9 Å². The van der Waals surface area contributed by atoms with Gasteiger partial charge in [-0.1, -0.05) is 38.0 Å². The van der Waals surface area contributed by atoms with Crippen molar-refractivity contribution in [2.24, 2.45) is 5.92 Å². The van der Waals surface area contributed by atoms with Crippen LogP contribution in [0.1, 0.15) is 73.6 Å². The van der Waals surface area contributed by atoms with Crippen LogP contribution in [0.3, 0.4) is 0 Å². The molecule has 0 unspecified atom stereocenters. The van der Waals surface area contributed by atoms with Crippen LogP contribution >= 0.6 is 0 Å². The molecule has 3 heterocycles. The number of nitrogens with one attached hydrogen (secondary N) is 1. The molecule has 3 aromatic rings. The minimum atomic E-state index is -0.0775. The van der Waals surface area contributed by atoms with Gasteiger partial charge in [-0.25, -0.2) is 9.97 Å². The van der Waals surface area contributed by atoms with E-state index in [1.165, 1.54) is 25.7 Å². The molecular formula is C34H41N5O3. The fourth-order valence-electron chi connectivity index (χ4n) is 6.58. The summed E-state index contributed by atoms with van der Waals surface area (Å²) in [6.07, 6.45) is 11.5. The molecule has 2 aromatic carbocycles. The van der Waals surface area contributed by atoms with Gasteiger partial charge in [0.2, 0.25) is 5.91 Å². The number of aryl methyl sites for hydroxylation is 1. The SMILES string of the molecule is Cc1ncc(-c2ccc(Oc3cc(C(=O)NC4CCN(C5CCCC5)CC4)ccc3CN3C[C@@H](C)CC3=O)cc2)cn1. The van der Waals surface area contributed by atoms with E-state index in [4.69, 9.17) is 4.74 Å². The topological polar surface area (TPSA) is 87.7 Å². The number of amides is 2. The molecule has 3 fully saturated rings. The van der Waals surface area contributed by atoms with Gasteiger partial charge in [0.15, 0.2) is 0 Å². The second-order valence-electron chi connectivity index (χ2n) is 12.3. The summed E-state index contributed by atoms with van der Waals surface area (Å²) in [5, 5.41) is 3.27. The molecule has 220 valence electrons. The first kappa shape index (κ1) is 28.3. The molecule has 1 N–H and O–H groups in total. The number of benzene rings is 2. The van der Waals surface area contributed by atoms with E-state index < -0.39 is 0 Å². The fourth-order valence-corrected chi connectivity index (χ4v) is 6.58. The standard InChI is InChI=1S/C34H41N5O3/c1-23-17-33(40)39(21-23)22-27-8-7-26(34(41)37-29-13-15-38(16-14-29)30-5-3-4-6-30)18-32(27)42-31-11-9-25(10-12-31)28-19-35-24(2)36-20-28/h7-12,18-20,23,29-30H,3-6,13-17,21-22H2,1-2H3,(H,37,41)/t23-/m0/s1. The summed E-state index contributed by atoms with van der Waals surface area (Å²) in [5.74, 6) is 2.40. The van der Waals surface area contributed by atoms with E-state index in [0.717, 1.165) is 61.0 Å². The third-order valence-corrected chi connectivity index (χ3v) is 9.00. The molecule has 1 aromatic heterocycles. The van der Waals surface area contributed by atoms with Gasteiger partial charge in [-0.3, -0.25) is 9.59 Å². The quantitative estimate of drug-likeness (QED) is 0.373. The third-order valence-electron chi connectivity index (χ3n) is 9.00. The Kier molecular flexibility index (Phi) is 8.51. The summed E-state index contributed by atoms with van der Waals surface area (Å²) in [7, 11) is 0.